The summed E-state index contributed by atoms with van der Waals surface area (Å²) in [7, 11) is 0. The maximum atomic E-state index is 10.1. The van der Waals surface area contributed by atoms with Crippen LogP contribution < -0.4 is 11.5 Å². The summed E-state index contributed by atoms with van der Waals surface area (Å²) in [5.41, 5.74) is 10.6. The molecular formula is C6H12N4O2. The van der Waals surface area contributed by atoms with E-state index < -0.39 is 5.97 Å². The van der Waals surface area contributed by atoms with Crippen LogP contribution in [-0.2, 0) is 4.79 Å². The Bertz CT molecular complexity index is 218. The third kappa shape index (κ3) is 6.53. The van der Waals surface area contributed by atoms with Gasteiger partial charge in [0.1, 0.15) is 0 Å². The fourth-order valence-electron chi connectivity index (χ4n) is 0.481. The van der Waals surface area contributed by atoms with Crippen molar-refractivity contribution in [3.8, 4) is 0 Å². The van der Waals surface area contributed by atoms with Crippen LogP contribution in [0.3, 0.4) is 0 Å². The van der Waals surface area contributed by atoms with E-state index in [0.29, 0.717) is 12.1 Å². The van der Waals surface area contributed by atoms with Gasteiger partial charge in [-0.25, -0.2) is 0 Å². The van der Waals surface area contributed by atoms with Crippen LogP contribution in [0.15, 0.2) is 10.2 Å². The van der Waals surface area contributed by atoms with Gasteiger partial charge in [-0.05, 0) is 13.3 Å². The fraction of sp³-hybridized carbons (Fsp3) is 0.500. The van der Waals surface area contributed by atoms with Gasteiger partial charge >= 0.3 is 5.97 Å². The number of carbonyl (C=O) groups is 1. The second-order valence-electron chi connectivity index (χ2n) is 2.25. The summed E-state index contributed by atoms with van der Waals surface area (Å²) in [6.07, 6.45) is 0.390. The highest BCUT2D eigenvalue weighted by Gasteiger charge is 1.97. The minimum absolute atomic E-state index is 0.0370. The zero-order valence-corrected chi connectivity index (χ0v) is 6.82. The number of rotatable bonds is 4. The number of nitrogens with zero attached hydrogens (tertiary/aromatic N) is 2. The molecule has 0 aliphatic heterocycles. The number of aliphatic carboxylic acids is 1. The molecule has 0 radical (unpaired) electrons. The number of hydrogen-bond acceptors (Lipinski definition) is 3. The van der Waals surface area contributed by atoms with Crippen molar-refractivity contribution in [2.75, 3.05) is 0 Å². The van der Waals surface area contributed by atoms with E-state index in [9.17, 15) is 4.79 Å². The van der Waals surface area contributed by atoms with E-state index in [0.717, 1.165) is 0 Å². The van der Waals surface area contributed by atoms with Crippen LogP contribution >= 0.6 is 0 Å². The van der Waals surface area contributed by atoms with E-state index in [1.54, 1.807) is 6.92 Å². The maximum absolute atomic E-state index is 10.1. The first-order valence-electron chi connectivity index (χ1n) is 3.36. The van der Waals surface area contributed by atoms with Crippen LogP contribution in [0, 0.1) is 0 Å². The highest BCUT2D eigenvalue weighted by Crippen LogP contribution is 1.92. The van der Waals surface area contributed by atoms with Crippen molar-refractivity contribution in [3.05, 3.63) is 0 Å². The molecule has 0 aromatic rings. The molecule has 6 nitrogen and oxygen atoms in total. The van der Waals surface area contributed by atoms with Gasteiger partial charge in [0.25, 0.3) is 0 Å². The summed E-state index contributed by atoms with van der Waals surface area (Å²) >= 11 is 0. The molecule has 0 aromatic carbocycles. The van der Waals surface area contributed by atoms with Gasteiger partial charge in [-0.1, -0.05) is 0 Å². The molecule has 0 aliphatic rings. The van der Waals surface area contributed by atoms with E-state index >= 15 is 0 Å². The van der Waals surface area contributed by atoms with Gasteiger partial charge in [0.15, 0.2) is 0 Å². The maximum Gasteiger partial charge on any atom is 0.303 e. The lowest BCUT2D eigenvalue weighted by molar-refractivity contribution is -0.136. The van der Waals surface area contributed by atoms with E-state index in [1.165, 1.54) is 0 Å². The SMILES string of the molecule is CC(CCC(=O)O)=NN=C(N)N. The normalized spacial score (nSPS) is 10.9. The molecule has 0 heterocycles. The number of guanidine groups is 1. The molecule has 5 N–H and O–H groups in total. The van der Waals surface area contributed by atoms with Gasteiger partial charge in [-0.3, -0.25) is 4.79 Å². The van der Waals surface area contributed by atoms with E-state index in [-0.39, 0.29) is 12.4 Å². The molecule has 0 saturated carbocycles. The second-order valence-corrected chi connectivity index (χ2v) is 2.25. The van der Waals surface area contributed by atoms with Crippen molar-refractivity contribution in [1.82, 2.24) is 0 Å². The average molecular weight is 172 g/mol. The average Bonchev–Trinajstić information content (AvgIpc) is 1.96. The molecule has 0 fully saturated rings. The molecule has 0 unspecified atom stereocenters. The highest BCUT2D eigenvalue weighted by atomic mass is 16.4. The Balaban J connectivity index is 3.86. The van der Waals surface area contributed by atoms with Gasteiger partial charge < -0.3 is 16.6 Å². The first kappa shape index (κ1) is 10.4. The third-order valence-electron chi connectivity index (χ3n) is 1.04. The Hall–Kier alpha value is -1.59. The van der Waals surface area contributed by atoms with Crippen LogP contribution in [0.2, 0.25) is 0 Å². The molecule has 6 heteroatoms. The number of carboxylic acids is 1. The highest BCUT2D eigenvalue weighted by molar-refractivity contribution is 5.86. The van der Waals surface area contributed by atoms with E-state index in [4.69, 9.17) is 16.6 Å². The molecule has 0 aliphatic carbocycles. The molecule has 0 aromatic heterocycles. The zero-order chi connectivity index (χ0) is 9.56. The lowest BCUT2D eigenvalue weighted by Crippen LogP contribution is -2.22. The van der Waals surface area contributed by atoms with Crippen molar-refractivity contribution >= 4 is 17.6 Å². The predicted octanol–water partition coefficient (Wildman–Crippen LogP) is -0.499. The van der Waals surface area contributed by atoms with Crippen LogP contribution in [0.5, 0.6) is 0 Å². The minimum Gasteiger partial charge on any atom is -0.481 e. The van der Waals surface area contributed by atoms with Crippen molar-refractivity contribution in [1.29, 1.82) is 0 Å². The second kappa shape index (κ2) is 5.11. The summed E-state index contributed by atoms with van der Waals surface area (Å²) in [5, 5.41) is 15.3. The topological polar surface area (TPSA) is 114 Å². The molecule has 0 atom stereocenters. The third-order valence-corrected chi connectivity index (χ3v) is 1.04. The molecule has 0 spiro atoms. The number of carboxylic acid groups (broad SMARTS) is 1. The Labute approximate surface area is 70.0 Å². The number of nitrogens with two attached hydrogens (primary N) is 2. The molecule has 12 heavy (non-hydrogen) atoms. The lowest BCUT2D eigenvalue weighted by atomic mass is 10.2. The zero-order valence-electron chi connectivity index (χ0n) is 6.82. The summed E-state index contributed by atoms with van der Waals surface area (Å²) in [5.74, 6) is -1.00. The van der Waals surface area contributed by atoms with E-state index in [1.807, 2.05) is 0 Å². The largest absolute Gasteiger partial charge is 0.481 e. The molecule has 0 bridgehead atoms. The summed E-state index contributed by atoms with van der Waals surface area (Å²) in [6, 6.07) is 0. The molecule has 0 amide bonds. The monoisotopic (exact) mass is 172 g/mol. The van der Waals surface area contributed by atoms with Crippen molar-refractivity contribution in [2.24, 2.45) is 21.7 Å². The first-order valence-corrected chi connectivity index (χ1v) is 3.36. The molecule has 0 rings (SSSR count). The van der Waals surface area contributed by atoms with Gasteiger partial charge in [-0.2, -0.15) is 5.10 Å². The number of hydrogen-bond donors (Lipinski definition) is 3. The Morgan fingerprint density at radius 1 is 1.33 bits per heavy atom. The van der Waals surface area contributed by atoms with Gasteiger partial charge in [0.2, 0.25) is 5.96 Å². The van der Waals surface area contributed by atoms with Crippen LogP contribution in [-0.4, -0.2) is 22.7 Å². The summed E-state index contributed by atoms with van der Waals surface area (Å²) < 4.78 is 0. The Morgan fingerprint density at radius 2 is 1.92 bits per heavy atom. The van der Waals surface area contributed by atoms with Gasteiger partial charge in [0.05, 0.1) is 6.42 Å². The van der Waals surface area contributed by atoms with Crippen LogP contribution in [0.4, 0.5) is 0 Å². The summed E-state index contributed by atoms with van der Waals surface area (Å²) in [6.45, 7) is 1.66. The first-order chi connectivity index (χ1) is 5.52. The molecular weight excluding hydrogens is 160 g/mol. The van der Waals surface area contributed by atoms with Crippen molar-refractivity contribution < 1.29 is 9.90 Å². The standard InChI is InChI=1S/C6H12N4O2/c1-4(2-3-5(11)12)9-10-6(7)8/h2-3H2,1H3,(H,11,12)(H4,7,8,10). The van der Waals surface area contributed by atoms with Crippen LogP contribution in [0.1, 0.15) is 19.8 Å². The predicted molar refractivity (Wildman–Crippen MR) is 45.8 cm³/mol. The molecule has 68 valence electrons. The smallest absolute Gasteiger partial charge is 0.303 e. The lowest BCUT2D eigenvalue weighted by Gasteiger charge is -1.93. The van der Waals surface area contributed by atoms with Crippen LogP contribution in [0.25, 0.3) is 0 Å². The fourth-order valence-corrected chi connectivity index (χ4v) is 0.481. The Kier molecular flexibility index (Phi) is 4.43. The molecule has 0 saturated heterocycles. The van der Waals surface area contributed by atoms with E-state index in [2.05, 4.69) is 10.2 Å². The van der Waals surface area contributed by atoms with Gasteiger partial charge in [0, 0.05) is 5.71 Å². The van der Waals surface area contributed by atoms with Gasteiger partial charge in [-0.15, -0.1) is 5.10 Å². The van der Waals surface area contributed by atoms with Crippen molar-refractivity contribution in [3.63, 3.8) is 0 Å². The van der Waals surface area contributed by atoms with Crippen molar-refractivity contribution in [2.45, 2.75) is 19.8 Å². The minimum atomic E-state index is -0.866. The Morgan fingerprint density at radius 3 is 2.33 bits per heavy atom. The quantitative estimate of drug-likeness (QED) is 0.301. The summed E-state index contributed by atoms with van der Waals surface area (Å²) in [4.78, 5) is 10.1.